The van der Waals surface area contributed by atoms with E-state index >= 15 is 0 Å². The van der Waals surface area contributed by atoms with E-state index in [2.05, 4.69) is 26.3 Å². The van der Waals surface area contributed by atoms with E-state index in [4.69, 9.17) is 17.2 Å². The lowest BCUT2D eigenvalue weighted by Gasteiger charge is -2.28. The van der Waals surface area contributed by atoms with Gasteiger partial charge in [-0.05, 0) is 44.1 Å². The van der Waals surface area contributed by atoms with Gasteiger partial charge in [-0.2, -0.15) is 11.8 Å². The second-order valence-electron chi connectivity index (χ2n) is 9.58. The van der Waals surface area contributed by atoms with Crippen LogP contribution in [0.5, 0.6) is 0 Å². The van der Waals surface area contributed by atoms with Crippen LogP contribution in [0.1, 0.15) is 46.5 Å². The molecule has 0 heterocycles. The second kappa shape index (κ2) is 19.8. The average Bonchev–Trinajstić information content (AvgIpc) is 2.91. The number of aliphatic imine (C=N–C) groups is 1. The Morgan fingerprint density at radius 2 is 1.44 bits per heavy atom. The molecule has 0 aromatic heterocycles. The summed E-state index contributed by atoms with van der Waals surface area (Å²) in [5, 5.41) is 38.4. The van der Waals surface area contributed by atoms with Crippen LogP contribution in [0.3, 0.4) is 0 Å². The van der Waals surface area contributed by atoms with Gasteiger partial charge in [0.25, 0.3) is 0 Å². The van der Waals surface area contributed by atoms with Crippen LogP contribution >= 0.6 is 11.8 Å². The molecule has 0 fully saturated rings. The summed E-state index contributed by atoms with van der Waals surface area (Å²) in [6.45, 7) is 3.95. The van der Waals surface area contributed by atoms with Gasteiger partial charge in [-0.15, -0.1) is 0 Å². The maximum absolute atomic E-state index is 13.1. The molecule has 0 aromatic rings. The smallest absolute Gasteiger partial charge is 0.328 e. The average molecular weight is 607 g/mol. The van der Waals surface area contributed by atoms with E-state index in [9.17, 15) is 39.3 Å². The summed E-state index contributed by atoms with van der Waals surface area (Å²) >= 11 is 1.52. The number of aliphatic carboxylic acids is 1. The molecule has 0 bridgehead atoms. The van der Waals surface area contributed by atoms with Gasteiger partial charge in [0, 0.05) is 6.54 Å². The largest absolute Gasteiger partial charge is 0.480 e. The van der Waals surface area contributed by atoms with Crippen LogP contribution in [0.2, 0.25) is 0 Å². The Labute approximate surface area is 244 Å². The molecule has 0 unspecified atom stereocenters. The number of rotatable bonds is 20. The lowest BCUT2D eigenvalue weighted by atomic mass is 9.97. The van der Waals surface area contributed by atoms with Crippen LogP contribution in [0, 0.1) is 5.92 Å². The van der Waals surface area contributed by atoms with Crippen molar-refractivity contribution in [2.75, 3.05) is 25.2 Å². The predicted octanol–water partition coefficient (Wildman–Crippen LogP) is -3.44. The minimum absolute atomic E-state index is 0.0495. The summed E-state index contributed by atoms with van der Waals surface area (Å²) < 4.78 is 0. The first-order valence-electron chi connectivity index (χ1n) is 13.2. The molecular formula is C24H46N8O8S. The lowest BCUT2D eigenvalue weighted by Crippen LogP contribution is -2.60. The SMILES string of the molecule is CC[C@H](C)[C@H](NC(=O)[C@@H](N)CCSC)C(=O)N[C@@H](CO)C(=O)N[C@@H](CCCN=C(N)N)C(=O)N[C@H](C(=O)O)[C@@H](C)O. The summed E-state index contributed by atoms with van der Waals surface area (Å²) in [6, 6.07) is -6.40. The fourth-order valence-corrected chi connectivity index (χ4v) is 3.97. The number of nitrogens with two attached hydrogens (primary N) is 3. The number of amides is 4. The van der Waals surface area contributed by atoms with Gasteiger partial charge in [0.2, 0.25) is 23.6 Å². The highest BCUT2D eigenvalue weighted by atomic mass is 32.2. The fraction of sp³-hybridized carbons (Fsp3) is 0.750. The molecule has 7 atom stereocenters. The van der Waals surface area contributed by atoms with Gasteiger partial charge in [-0.25, -0.2) is 4.79 Å². The number of aliphatic hydroxyl groups is 2. The zero-order valence-electron chi connectivity index (χ0n) is 24.0. The van der Waals surface area contributed by atoms with Crippen molar-refractivity contribution in [1.29, 1.82) is 0 Å². The van der Waals surface area contributed by atoms with E-state index in [1.54, 1.807) is 6.92 Å². The van der Waals surface area contributed by atoms with Gasteiger partial charge in [-0.3, -0.25) is 24.2 Å². The highest BCUT2D eigenvalue weighted by Gasteiger charge is 2.33. The predicted molar refractivity (Wildman–Crippen MR) is 154 cm³/mol. The number of hydrogen-bond donors (Lipinski definition) is 10. The van der Waals surface area contributed by atoms with Crippen molar-refractivity contribution < 1.29 is 39.3 Å². The standard InChI is InChI=1S/C24H46N8O8S/c1-5-12(2)17(31-19(35)14(25)8-10-41-4)22(38)30-16(11-33)21(37)29-15(7-6-9-28-24(26)27)20(36)32-18(13(3)34)23(39)40/h12-18,33-34H,5-11,25H2,1-4H3,(H,29,37)(H,30,38)(H,31,35)(H,32,36)(H,39,40)(H4,26,27,28)/t12-,13+,14-,15-,16-,17-,18-/m0/s1. The van der Waals surface area contributed by atoms with E-state index in [1.165, 1.54) is 18.7 Å². The topological polar surface area (TPSA) is 285 Å². The molecule has 0 spiro atoms. The quantitative estimate of drug-likeness (QED) is 0.0368. The maximum atomic E-state index is 13.1. The number of hydrogen-bond acceptors (Lipinski definition) is 10. The second-order valence-corrected chi connectivity index (χ2v) is 10.6. The molecule has 13 N–H and O–H groups in total. The Kier molecular flexibility index (Phi) is 18.3. The zero-order chi connectivity index (χ0) is 31.7. The number of thioether (sulfide) groups is 1. The monoisotopic (exact) mass is 606 g/mol. The van der Waals surface area contributed by atoms with Crippen molar-refractivity contribution in [2.45, 2.75) is 82.8 Å². The van der Waals surface area contributed by atoms with Crippen LogP contribution in [-0.4, -0.2) is 112 Å². The first kappa shape index (κ1) is 37.9. The molecule has 0 radical (unpaired) electrons. The maximum Gasteiger partial charge on any atom is 0.328 e. The minimum Gasteiger partial charge on any atom is -0.480 e. The Bertz CT molecular complexity index is 903. The molecule has 236 valence electrons. The molecule has 0 aromatic carbocycles. The van der Waals surface area contributed by atoms with E-state index in [-0.39, 0.29) is 31.3 Å². The Morgan fingerprint density at radius 3 is 1.93 bits per heavy atom. The molecule has 0 rings (SSSR count). The number of nitrogens with one attached hydrogen (secondary N) is 4. The normalized spacial score (nSPS) is 16.1. The highest BCUT2D eigenvalue weighted by Crippen LogP contribution is 2.10. The molecular weight excluding hydrogens is 560 g/mol. The molecule has 41 heavy (non-hydrogen) atoms. The number of guanidine groups is 1. The van der Waals surface area contributed by atoms with Crippen LogP contribution < -0.4 is 38.5 Å². The van der Waals surface area contributed by atoms with Gasteiger partial charge in [0.05, 0.1) is 18.8 Å². The van der Waals surface area contributed by atoms with Gasteiger partial charge in [-0.1, -0.05) is 20.3 Å². The molecule has 0 saturated heterocycles. The number of carbonyl (C=O) groups excluding carboxylic acids is 4. The molecule has 0 aliphatic rings. The van der Waals surface area contributed by atoms with Gasteiger partial charge in [0.15, 0.2) is 12.0 Å². The first-order valence-corrected chi connectivity index (χ1v) is 14.6. The van der Waals surface area contributed by atoms with Gasteiger partial charge in [0.1, 0.15) is 18.1 Å². The van der Waals surface area contributed by atoms with E-state index in [0.717, 1.165) is 0 Å². The number of carboxylic acid groups (broad SMARTS) is 1. The molecule has 0 aliphatic carbocycles. The number of aliphatic hydroxyl groups excluding tert-OH is 2. The molecule has 4 amide bonds. The van der Waals surface area contributed by atoms with Crippen LogP contribution in [0.15, 0.2) is 4.99 Å². The molecule has 0 aliphatic heterocycles. The van der Waals surface area contributed by atoms with Crippen LogP contribution in [0.4, 0.5) is 0 Å². The van der Waals surface area contributed by atoms with Gasteiger partial charge < -0.3 is 53.8 Å². The van der Waals surface area contributed by atoms with Gasteiger partial charge >= 0.3 is 5.97 Å². The minimum atomic E-state index is -1.66. The number of carboxylic acids is 1. The zero-order valence-corrected chi connectivity index (χ0v) is 24.8. The van der Waals surface area contributed by atoms with Crippen molar-refractivity contribution in [1.82, 2.24) is 21.3 Å². The Balaban J connectivity index is 5.71. The van der Waals surface area contributed by atoms with Crippen molar-refractivity contribution >= 4 is 47.3 Å². The van der Waals surface area contributed by atoms with Crippen LogP contribution in [0.25, 0.3) is 0 Å². The Morgan fingerprint density at radius 1 is 0.878 bits per heavy atom. The summed E-state index contributed by atoms with van der Waals surface area (Å²) in [5.74, 6) is -4.54. The van der Waals surface area contributed by atoms with Crippen molar-refractivity contribution in [3.8, 4) is 0 Å². The fourth-order valence-electron chi connectivity index (χ4n) is 3.48. The van der Waals surface area contributed by atoms with E-state index in [1.807, 2.05) is 13.2 Å². The molecule has 17 heteroatoms. The summed E-state index contributed by atoms with van der Waals surface area (Å²) in [5.41, 5.74) is 16.5. The molecule has 0 saturated carbocycles. The Hall–Kier alpha value is -3.15. The number of carbonyl (C=O) groups is 5. The van der Waals surface area contributed by atoms with Crippen LogP contribution in [-0.2, 0) is 24.0 Å². The van der Waals surface area contributed by atoms with E-state index < -0.39 is 72.5 Å². The summed E-state index contributed by atoms with van der Waals surface area (Å²) in [4.78, 5) is 66.8. The lowest BCUT2D eigenvalue weighted by molar-refractivity contribution is -0.145. The summed E-state index contributed by atoms with van der Waals surface area (Å²) in [6.07, 6.45) is 1.47. The third-order valence-electron chi connectivity index (χ3n) is 6.20. The number of nitrogens with zero attached hydrogens (tertiary/aromatic N) is 1. The third kappa shape index (κ3) is 14.3. The van der Waals surface area contributed by atoms with Crippen molar-refractivity contribution in [3.63, 3.8) is 0 Å². The molecule has 16 nitrogen and oxygen atoms in total. The van der Waals surface area contributed by atoms with E-state index in [0.29, 0.717) is 18.6 Å². The van der Waals surface area contributed by atoms with Crippen molar-refractivity contribution in [2.24, 2.45) is 28.1 Å². The van der Waals surface area contributed by atoms with Crippen molar-refractivity contribution in [3.05, 3.63) is 0 Å². The third-order valence-corrected chi connectivity index (χ3v) is 6.85. The first-order chi connectivity index (χ1) is 19.2. The summed E-state index contributed by atoms with van der Waals surface area (Å²) in [7, 11) is 0. The highest BCUT2D eigenvalue weighted by molar-refractivity contribution is 7.98.